The predicted molar refractivity (Wildman–Crippen MR) is 66.6 cm³/mol. The molecule has 0 saturated carbocycles. The maximum absolute atomic E-state index is 10.9. The van der Waals surface area contributed by atoms with Crippen molar-refractivity contribution >= 4 is 11.7 Å². The van der Waals surface area contributed by atoms with Crippen molar-refractivity contribution in [2.24, 2.45) is 0 Å². The minimum Gasteiger partial charge on any atom is -0.481 e. The van der Waals surface area contributed by atoms with Gasteiger partial charge in [-0.15, -0.1) is 0 Å². The van der Waals surface area contributed by atoms with Crippen molar-refractivity contribution in [3.8, 4) is 11.4 Å². The van der Waals surface area contributed by atoms with Crippen LogP contribution in [0.15, 0.2) is 24.5 Å². The van der Waals surface area contributed by atoms with Crippen molar-refractivity contribution in [1.82, 2.24) is 24.6 Å². The average Bonchev–Trinajstić information content (AvgIpc) is 2.90. The number of aliphatic carboxylic acids is 1. The SMILES string of the molecule is Cc1nc2nc(-c3cccnc3)[nH]n2c1CC(=O)O. The molecule has 3 heterocycles. The summed E-state index contributed by atoms with van der Waals surface area (Å²) < 4.78 is 1.60. The van der Waals surface area contributed by atoms with Gasteiger partial charge >= 0.3 is 5.97 Å². The summed E-state index contributed by atoms with van der Waals surface area (Å²) in [5.41, 5.74) is 2.09. The quantitative estimate of drug-likeness (QED) is 0.731. The molecule has 0 aliphatic carbocycles. The number of carboxylic acids is 1. The number of carbonyl (C=O) groups is 1. The summed E-state index contributed by atoms with van der Waals surface area (Å²) in [7, 11) is 0. The van der Waals surface area contributed by atoms with E-state index in [1.54, 1.807) is 23.8 Å². The first-order chi connectivity index (χ1) is 9.15. The summed E-state index contributed by atoms with van der Waals surface area (Å²) in [4.78, 5) is 23.5. The van der Waals surface area contributed by atoms with Crippen molar-refractivity contribution in [1.29, 1.82) is 0 Å². The zero-order valence-electron chi connectivity index (χ0n) is 10.2. The van der Waals surface area contributed by atoms with Gasteiger partial charge in [0.05, 0.1) is 17.8 Å². The smallest absolute Gasteiger partial charge is 0.309 e. The van der Waals surface area contributed by atoms with Crippen LogP contribution in [0.3, 0.4) is 0 Å². The lowest BCUT2D eigenvalue weighted by atomic mass is 10.2. The third kappa shape index (κ3) is 1.95. The zero-order valence-corrected chi connectivity index (χ0v) is 10.2. The molecule has 7 nitrogen and oxygen atoms in total. The number of hydrogen-bond acceptors (Lipinski definition) is 4. The molecular weight excluding hydrogens is 246 g/mol. The Kier molecular flexibility index (Phi) is 2.52. The highest BCUT2D eigenvalue weighted by atomic mass is 16.4. The van der Waals surface area contributed by atoms with E-state index in [1.165, 1.54) is 0 Å². The standard InChI is InChI=1S/C12H11N5O2/c1-7-9(5-10(18)19)17-12(14-7)15-11(16-17)8-3-2-4-13-6-8/h2-4,6H,5H2,1H3,(H,18,19)(H,14,15,16). The number of carboxylic acid groups (broad SMARTS) is 1. The van der Waals surface area contributed by atoms with Crippen molar-refractivity contribution in [2.75, 3.05) is 0 Å². The van der Waals surface area contributed by atoms with Gasteiger partial charge in [0.25, 0.3) is 5.78 Å². The number of H-pyrrole nitrogens is 1. The summed E-state index contributed by atoms with van der Waals surface area (Å²) in [6.07, 6.45) is 3.27. The lowest BCUT2D eigenvalue weighted by Crippen LogP contribution is -2.05. The van der Waals surface area contributed by atoms with Gasteiger partial charge in [0, 0.05) is 18.0 Å². The largest absolute Gasteiger partial charge is 0.481 e. The molecule has 3 aromatic rings. The van der Waals surface area contributed by atoms with Crippen molar-refractivity contribution in [2.45, 2.75) is 13.3 Å². The van der Waals surface area contributed by atoms with E-state index < -0.39 is 5.97 Å². The number of aryl methyl sites for hydroxylation is 1. The van der Waals surface area contributed by atoms with E-state index >= 15 is 0 Å². The fourth-order valence-electron chi connectivity index (χ4n) is 1.95. The van der Waals surface area contributed by atoms with E-state index in [9.17, 15) is 4.79 Å². The summed E-state index contributed by atoms with van der Waals surface area (Å²) in [5, 5.41) is 12.0. The molecule has 0 radical (unpaired) electrons. The van der Waals surface area contributed by atoms with Gasteiger partial charge in [-0.2, -0.15) is 4.98 Å². The van der Waals surface area contributed by atoms with Crippen LogP contribution in [0.1, 0.15) is 11.4 Å². The van der Waals surface area contributed by atoms with E-state index in [-0.39, 0.29) is 6.42 Å². The Morgan fingerprint density at radius 1 is 1.47 bits per heavy atom. The highest BCUT2D eigenvalue weighted by Crippen LogP contribution is 2.17. The average molecular weight is 257 g/mol. The van der Waals surface area contributed by atoms with E-state index in [0.717, 1.165) is 5.56 Å². The van der Waals surface area contributed by atoms with Crippen LogP contribution in [0.25, 0.3) is 17.2 Å². The molecule has 96 valence electrons. The Labute approximate surface area is 107 Å². The number of aromatic amines is 1. The molecule has 0 saturated heterocycles. The number of fused-ring (bicyclic) bond motifs is 1. The Hall–Kier alpha value is -2.70. The fraction of sp³-hybridized carbons (Fsp3) is 0.167. The number of nitrogens with one attached hydrogen (secondary N) is 1. The molecule has 0 bridgehead atoms. The normalized spacial score (nSPS) is 11.0. The first-order valence-electron chi connectivity index (χ1n) is 5.71. The van der Waals surface area contributed by atoms with E-state index in [2.05, 4.69) is 20.1 Å². The molecule has 0 fully saturated rings. The monoisotopic (exact) mass is 257 g/mol. The van der Waals surface area contributed by atoms with Crippen LogP contribution < -0.4 is 0 Å². The van der Waals surface area contributed by atoms with Gasteiger partial charge in [-0.05, 0) is 19.1 Å². The molecular formula is C12H11N5O2. The molecule has 7 heteroatoms. The summed E-state index contributed by atoms with van der Waals surface area (Å²) >= 11 is 0. The van der Waals surface area contributed by atoms with Crippen molar-refractivity contribution in [3.05, 3.63) is 35.9 Å². The lowest BCUT2D eigenvalue weighted by Gasteiger charge is -1.97. The zero-order chi connectivity index (χ0) is 13.4. The highest BCUT2D eigenvalue weighted by molar-refractivity contribution is 5.70. The molecule has 19 heavy (non-hydrogen) atoms. The second kappa shape index (κ2) is 4.20. The first kappa shape index (κ1) is 11.4. The predicted octanol–water partition coefficient (Wildman–Crippen LogP) is 1.05. The highest BCUT2D eigenvalue weighted by Gasteiger charge is 2.16. The first-order valence-corrected chi connectivity index (χ1v) is 5.71. The summed E-state index contributed by atoms with van der Waals surface area (Å²) in [6, 6.07) is 3.68. The molecule has 0 unspecified atom stereocenters. The van der Waals surface area contributed by atoms with Crippen LogP contribution in [0, 0.1) is 6.92 Å². The lowest BCUT2D eigenvalue weighted by molar-refractivity contribution is -0.136. The van der Waals surface area contributed by atoms with Gasteiger partial charge < -0.3 is 5.11 Å². The van der Waals surface area contributed by atoms with E-state index in [4.69, 9.17) is 5.11 Å². The number of hydrogen-bond donors (Lipinski definition) is 2. The van der Waals surface area contributed by atoms with Crippen LogP contribution in [0.2, 0.25) is 0 Å². The van der Waals surface area contributed by atoms with Gasteiger partial charge in [-0.25, -0.2) is 9.50 Å². The molecule has 0 spiro atoms. The Balaban J connectivity index is 2.12. The molecule has 0 atom stereocenters. The second-order valence-electron chi connectivity index (χ2n) is 4.16. The third-order valence-corrected chi connectivity index (χ3v) is 2.84. The van der Waals surface area contributed by atoms with Crippen LogP contribution in [0.5, 0.6) is 0 Å². The number of pyridine rings is 1. The van der Waals surface area contributed by atoms with Crippen LogP contribution >= 0.6 is 0 Å². The van der Waals surface area contributed by atoms with Crippen molar-refractivity contribution < 1.29 is 9.90 Å². The third-order valence-electron chi connectivity index (χ3n) is 2.84. The molecule has 3 aromatic heterocycles. The maximum atomic E-state index is 10.9. The summed E-state index contributed by atoms with van der Waals surface area (Å²) in [5.74, 6) is 0.178. The number of aromatic nitrogens is 5. The van der Waals surface area contributed by atoms with Gasteiger partial charge in [0.1, 0.15) is 0 Å². The number of nitrogens with zero attached hydrogens (tertiary/aromatic N) is 4. The molecule has 3 rings (SSSR count). The van der Waals surface area contributed by atoms with Gasteiger partial charge in [0.2, 0.25) is 0 Å². The Morgan fingerprint density at radius 3 is 3.00 bits per heavy atom. The second-order valence-corrected chi connectivity index (χ2v) is 4.16. The topological polar surface area (TPSA) is 96.2 Å². The van der Waals surface area contributed by atoms with Crippen LogP contribution in [-0.2, 0) is 11.2 Å². The minimum absolute atomic E-state index is 0.0956. The van der Waals surface area contributed by atoms with Gasteiger partial charge in [-0.1, -0.05) is 0 Å². The maximum Gasteiger partial charge on any atom is 0.309 e. The minimum atomic E-state index is -0.901. The molecule has 0 amide bonds. The molecule has 2 N–H and O–H groups in total. The fourth-order valence-corrected chi connectivity index (χ4v) is 1.95. The Morgan fingerprint density at radius 2 is 2.32 bits per heavy atom. The number of imidazole rings is 1. The number of rotatable bonds is 3. The van der Waals surface area contributed by atoms with Gasteiger partial charge in [0.15, 0.2) is 5.82 Å². The molecule has 0 aromatic carbocycles. The van der Waals surface area contributed by atoms with E-state index in [0.29, 0.717) is 23.0 Å². The van der Waals surface area contributed by atoms with Crippen molar-refractivity contribution in [3.63, 3.8) is 0 Å². The van der Waals surface area contributed by atoms with E-state index in [1.807, 2.05) is 12.1 Å². The van der Waals surface area contributed by atoms with Gasteiger partial charge in [-0.3, -0.25) is 14.9 Å². The Bertz CT molecular complexity index is 744. The molecule has 0 aliphatic heterocycles. The van der Waals surface area contributed by atoms with Crippen LogP contribution in [0.4, 0.5) is 0 Å². The summed E-state index contributed by atoms with van der Waals surface area (Å²) in [6.45, 7) is 1.77. The van der Waals surface area contributed by atoms with Crippen LogP contribution in [-0.4, -0.2) is 35.6 Å². The molecule has 0 aliphatic rings.